The largest absolute Gasteiger partial charge is 0.490 e. The molecule has 0 unspecified atom stereocenters. The molecule has 3 aromatic rings. The first-order valence-corrected chi connectivity index (χ1v) is 16.8. The number of carbonyl (C=O) groups is 1. The van der Waals surface area contributed by atoms with Crippen LogP contribution in [0.2, 0.25) is 0 Å². The predicted octanol–water partition coefficient (Wildman–Crippen LogP) is 3.16. The molecule has 5 rings (SSSR count). The second kappa shape index (κ2) is 12.1. The van der Waals surface area contributed by atoms with Gasteiger partial charge in [-0.25, -0.2) is 26.8 Å². The zero-order valence-corrected chi connectivity index (χ0v) is 24.4. The van der Waals surface area contributed by atoms with Gasteiger partial charge in [0.15, 0.2) is 11.6 Å². The number of Topliss-reactive ketones (excluding diaryl/α,β-unsaturated/α-hetero) is 1. The van der Waals surface area contributed by atoms with Crippen molar-refractivity contribution in [3.05, 3.63) is 60.9 Å². The molecule has 0 spiro atoms. The Balaban J connectivity index is 1.19. The number of piperazine rings is 1. The van der Waals surface area contributed by atoms with Crippen molar-refractivity contribution in [2.45, 2.75) is 30.6 Å². The van der Waals surface area contributed by atoms with E-state index < -0.39 is 20.0 Å². The van der Waals surface area contributed by atoms with Crippen LogP contribution in [0.25, 0.3) is 11.4 Å². The van der Waals surface area contributed by atoms with Crippen LogP contribution in [0.1, 0.15) is 25.7 Å². The maximum Gasteiger partial charge on any atom is 0.261 e. The number of benzene rings is 2. The number of ketones is 1. The summed E-state index contributed by atoms with van der Waals surface area (Å²) in [5.74, 6) is 1.65. The summed E-state index contributed by atoms with van der Waals surface area (Å²) >= 11 is 0. The summed E-state index contributed by atoms with van der Waals surface area (Å²) in [7, 11) is -7.08. The summed E-state index contributed by atoms with van der Waals surface area (Å²) in [6.45, 7) is 2.36. The van der Waals surface area contributed by atoms with Crippen molar-refractivity contribution in [1.29, 1.82) is 0 Å². The van der Waals surface area contributed by atoms with E-state index in [1.54, 1.807) is 48.8 Å². The SMILES string of the molecule is CS(=O)(=O)N1CCN(c2ccc(S(=O)(=O)Nc3cccc(-c4ncc(OCC5CCC(=O)CC5)cn4)c3)cc2)CC1. The van der Waals surface area contributed by atoms with Crippen LogP contribution in [0.4, 0.5) is 11.4 Å². The monoisotopic (exact) mass is 599 g/mol. The average Bonchev–Trinajstić information content (AvgIpc) is 2.97. The van der Waals surface area contributed by atoms with E-state index in [-0.39, 0.29) is 4.90 Å². The number of hydrogen-bond donors (Lipinski definition) is 1. The first kappa shape index (κ1) is 29.0. The van der Waals surface area contributed by atoms with Gasteiger partial charge in [-0.05, 0) is 55.2 Å². The lowest BCUT2D eigenvalue weighted by atomic mass is 9.89. The van der Waals surface area contributed by atoms with Gasteiger partial charge in [0.25, 0.3) is 10.0 Å². The Morgan fingerprint density at radius 1 is 0.927 bits per heavy atom. The van der Waals surface area contributed by atoms with Crippen LogP contribution in [-0.4, -0.2) is 75.9 Å². The quantitative estimate of drug-likeness (QED) is 0.393. The molecule has 1 aliphatic heterocycles. The van der Waals surface area contributed by atoms with Gasteiger partial charge in [-0.2, -0.15) is 4.31 Å². The Hall–Kier alpha value is -3.55. The van der Waals surface area contributed by atoms with Gasteiger partial charge in [0, 0.05) is 56.0 Å². The summed E-state index contributed by atoms with van der Waals surface area (Å²) in [6, 6.07) is 13.4. The molecule has 41 heavy (non-hydrogen) atoms. The molecule has 11 nitrogen and oxygen atoms in total. The minimum atomic E-state index is -3.85. The van der Waals surface area contributed by atoms with Crippen LogP contribution in [0, 0.1) is 5.92 Å². The van der Waals surface area contributed by atoms with E-state index in [1.807, 2.05) is 4.90 Å². The summed E-state index contributed by atoms with van der Waals surface area (Å²) < 4.78 is 59.5. The summed E-state index contributed by atoms with van der Waals surface area (Å²) in [5, 5.41) is 0. The molecule has 1 saturated carbocycles. The molecule has 2 aliphatic rings. The van der Waals surface area contributed by atoms with Crippen LogP contribution in [0.3, 0.4) is 0 Å². The fraction of sp³-hybridized carbons (Fsp3) is 0.393. The molecule has 0 amide bonds. The van der Waals surface area contributed by atoms with Gasteiger partial charge in [-0.3, -0.25) is 9.52 Å². The smallest absolute Gasteiger partial charge is 0.261 e. The third kappa shape index (κ3) is 7.40. The normalized spacial score (nSPS) is 17.4. The van der Waals surface area contributed by atoms with E-state index in [0.717, 1.165) is 18.5 Å². The number of sulfonamides is 2. The predicted molar refractivity (Wildman–Crippen MR) is 156 cm³/mol. The first-order valence-electron chi connectivity index (χ1n) is 13.5. The fourth-order valence-corrected chi connectivity index (χ4v) is 6.85. The molecular formula is C28H33N5O6S2. The topological polar surface area (TPSA) is 139 Å². The van der Waals surface area contributed by atoms with Gasteiger partial charge >= 0.3 is 0 Å². The molecule has 218 valence electrons. The molecule has 13 heteroatoms. The van der Waals surface area contributed by atoms with Gasteiger partial charge in [0.2, 0.25) is 10.0 Å². The molecule has 2 aromatic carbocycles. The number of anilines is 2. The van der Waals surface area contributed by atoms with Gasteiger partial charge in [0.1, 0.15) is 5.78 Å². The van der Waals surface area contributed by atoms with Gasteiger partial charge in [-0.15, -0.1) is 0 Å². The number of rotatable bonds is 9. The summed E-state index contributed by atoms with van der Waals surface area (Å²) in [6.07, 6.45) is 7.30. The van der Waals surface area contributed by atoms with Crippen molar-refractivity contribution in [3.8, 4) is 17.1 Å². The minimum absolute atomic E-state index is 0.113. The van der Waals surface area contributed by atoms with Crippen molar-refractivity contribution in [1.82, 2.24) is 14.3 Å². The van der Waals surface area contributed by atoms with Crippen LogP contribution in [0.15, 0.2) is 65.8 Å². The van der Waals surface area contributed by atoms with Crippen molar-refractivity contribution >= 4 is 37.2 Å². The highest BCUT2D eigenvalue weighted by Gasteiger charge is 2.24. The lowest BCUT2D eigenvalue weighted by Gasteiger charge is -2.34. The van der Waals surface area contributed by atoms with Crippen molar-refractivity contribution in [3.63, 3.8) is 0 Å². The highest BCUT2D eigenvalue weighted by Crippen LogP contribution is 2.26. The lowest BCUT2D eigenvalue weighted by Crippen LogP contribution is -2.48. The number of carbonyl (C=O) groups excluding carboxylic acids is 1. The fourth-order valence-electron chi connectivity index (χ4n) is 4.97. The van der Waals surface area contributed by atoms with Crippen LogP contribution < -0.4 is 14.4 Å². The Kier molecular flexibility index (Phi) is 8.57. The van der Waals surface area contributed by atoms with Crippen molar-refractivity contribution in [2.24, 2.45) is 5.92 Å². The van der Waals surface area contributed by atoms with Crippen LogP contribution >= 0.6 is 0 Å². The maximum absolute atomic E-state index is 13.1. The average molecular weight is 600 g/mol. The minimum Gasteiger partial charge on any atom is -0.490 e. The van der Waals surface area contributed by atoms with E-state index in [2.05, 4.69) is 14.7 Å². The Morgan fingerprint density at radius 2 is 1.59 bits per heavy atom. The Labute approximate surface area is 240 Å². The molecule has 1 N–H and O–H groups in total. The number of aromatic nitrogens is 2. The van der Waals surface area contributed by atoms with Crippen LogP contribution in [-0.2, 0) is 24.8 Å². The summed E-state index contributed by atoms with van der Waals surface area (Å²) in [5.41, 5.74) is 1.85. The van der Waals surface area contributed by atoms with E-state index in [4.69, 9.17) is 4.74 Å². The molecular weight excluding hydrogens is 566 g/mol. The highest BCUT2D eigenvalue weighted by atomic mass is 32.2. The van der Waals surface area contributed by atoms with E-state index in [1.165, 1.54) is 22.7 Å². The molecule has 0 atom stereocenters. The maximum atomic E-state index is 13.1. The zero-order valence-electron chi connectivity index (χ0n) is 22.8. The number of nitrogens with zero attached hydrogens (tertiary/aromatic N) is 4. The number of ether oxygens (including phenoxy) is 1. The Morgan fingerprint density at radius 3 is 2.22 bits per heavy atom. The second-order valence-electron chi connectivity index (χ2n) is 10.4. The third-order valence-electron chi connectivity index (χ3n) is 7.37. The molecule has 0 bridgehead atoms. The van der Waals surface area contributed by atoms with Gasteiger partial charge < -0.3 is 9.64 Å². The van der Waals surface area contributed by atoms with Crippen LogP contribution in [0.5, 0.6) is 5.75 Å². The zero-order chi connectivity index (χ0) is 29.0. The molecule has 2 heterocycles. The van der Waals surface area contributed by atoms with E-state index in [0.29, 0.717) is 80.2 Å². The van der Waals surface area contributed by atoms with E-state index in [9.17, 15) is 21.6 Å². The summed E-state index contributed by atoms with van der Waals surface area (Å²) in [4.78, 5) is 22.3. The second-order valence-corrected chi connectivity index (χ2v) is 14.0. The molecule has 1 aromatic heterocycles. The molecule has 1 saturated heterocycles. The van der Waals surface area contributed by atoms with Crippen molar-refractivity contribution < 1.29 is 26.4 Å². The lowest BCUT2D eigenvalue weighted by molar-refractivity contribution is -0.121. The first-order chi connectivity index (χ1) is 19.6. The highest BCUT2D eigenvalue weighted by molar-refractivity contribution is 7.92. The molecule has 1 aliphatic carbocycles. The van der Waals surface area contributed by atoms with Gasteiger partial charge in [0.05, 0.1) is 30.2 Å². The van der Waals surface area contributed by atoms with E-state index >= 15 is 0 Å². The standard InChI is InChI=1S/C28H33N5O6S2/c1-40(35,36)33-15-13-32(14-16-33)24-7-11-27(12-8-24)41(37,38)31-23-4-2-3-22(17-23)28-29-18-26(19-30-28)39-20-21-5-9-25(34)10-6-21/h2-4,7-8,11-12,17-19,21,31H,5-6,9-10,13-16,20H2,1H3. The molecule has 2 fully saturated rings. The van der Waals surface area contributed by atoms with Gasteiger partial charge in [-0.1, -0.05) is 12.1 Å². The Bertz CT molecular complexity index is 1580. The number of nitrogens with one attached hydrogen (secondary N) is 1. The molecule has 0 radical (unpaired) electrons. The van der Waals surface area contributed by atoms with Crippen molar-refractivity contribution in [2.75, 3.05) is 48.7 Å². The third-order valence-corrected chi connectivity index (χ3v) is 10.1. The number of hydrogen-bond acceptors (Lipinski definition) is 9.